The molecule has 4 nitrogen and oxygen atoms in total. The van der Waals surface area contributed by atoms with Gasteiger partial charge in [0.1, 0.15) is 5.69 Å². The number of anilines is 1. The normalized spacial score (nSPS) is 10.4. The summed E-state index contributed by atoms with van der Waals surface area (Å²) in [4.78, 5) is 12.3. The number of aromatic amines is 1. The molecule has 0 aliphatic rings. The molecular formula is C18H17N3O. The topological polar surface area (TPSA) is 57.8 Å². The molecular weight excluding hydrogens is 274 g/mol. The van der Waals surface area contributed by atoms with Crippen LogP contribution in [-0.4, -0.2) is 16.1 Å². The van der Waals surface area contributed by atoms with Crippen molar-refractivity contribution in [2.75, 3.05) is 5.32 Å². The Morgan fingerprint density at radius 2 is 1.91 bits per heavy atom. The van der Waals surface area contributed by atoms with Gasteiger partial charge in [-0.15, -0.1) is 0 Å². The third kappa shape index (κ3) is 3.06. The molecule has 0 unspecified atom stereocenters. The predicted octanol–water partition coefficient (Wildman–Crippen LogP) is 3.89. The molecule has 0 fully saturated rings. The van der Waals surface area contributed by atoms with Crippen LogP contribution in [0.25, 0.3) is 11.3 Å². The molecule has 1 amide bonds. The van der Waals surface area contributed by atoms with Gasteiger partial charge in [0, 0.05) is 11.3 Å². The van der Waals surface area contributed by atoms with E-state index in [9.17, 15) is 4.79 Å². The van der Waals surface area contributed by atoms with Gasteiger partial charge in [-0.3, -0.25) is 9.89 Å². The van der Waals surface area contributed by atoms with Crippen LogP contribution in [0.2, 0.25) is 0 Å². The Balaban J connectivity index is 1.77. The SMILES string of the molecule is CCc1cccc(NC(=O)c2cc(-c3ccccc3)n[nH]2)c1. The van der Waals surface area contributed by atoms with Crippen LogP contribution in [0.3, 0.4) is 0 Å². The number of hydrogen-bond donors (Lipinski definition) is 2. The average Bonchev–Trinajstić information content (AvgIpc) is 3.06. The second-order valence-corrected chi connectivity index (χ2v) is 5.04. The molecule has 4 heteroatoms. The maximum atomic E-state index is 12.3. The van der Waals surface area contributed by atoms with E-state index in [1.807, 2.05) is 54.6 Å². The summed E-state index contributed by atoms with van der Waals surface area (Å²) in [7, 11) is 0. The first-order valence-electron chi connectivity index (χ1n) is 7.27. The van der Waals surface area contributed by atoms with Gasteiger partial charge in [-0.1, -0.05) is 49.4 Å². The number of rotatable bonds is 4. The van der Waals surface area contributed by atoms with E-state index in [2.05, 4.69) is 22.4 Å². The number of H-pyrrole nitrogens is 1. The van der Waals surface area contributed by atoms with Gasteiger partial charge in [0.25, 0.3) is 5.91 Å². The maximum absolute atomic E-state index is 12.3. The zero-order chi connectivity index (χ0) is 15.4. The predicted molar refractivity (Wildman–Crippen MR) is 87.8 cm³/mol. The Kier molecular flexibility index (Phi) is 4.01. The van der Waals surface area contributed by atoms with Crippen LogP contribution in [0.4, 0.5) is 5.69 Å². The van der Waals surface area contributed by atoms with Gasteiger partial charge >= 0.3 is 0 Å². The molecule has 3 aromatic rings. The van der Waals surface area contributed by atoms with Gasteiger partial charge in [0.05, 0.1) is 5.69 Å². The monoisotopic (exact) mass is 291 g/mol. The lowest BCUT2D eigenvalue weighted by Crippen LogP contribution is -2.12. The summed E-state index contributed by atoms with van der Waals surface area (Å²) in [6.45, 7) is 2.09. The van der Waals surface area contributed by atoms with E-state index in [0.717, 1.165) is 23.4 Å². The molecule has 3 rings (SSSR count). The molecule has 2 aromatic carbocycles. The summed E-state index contributed by atoms with van der Waals surface area (Å²) in [5.41, 5.74) is 4.16. The van der Waals surface area contributed by atoms with Crippen molar-refractivity contribution in [1.82, 2.24) is 10.2 Å². The fourth-order valence-corrected chi connectivity index (χ4v) is 2.26. The van der Waals surface area contributed by atoms with Gasteiger partial charge in [0.15, 0.2) is 0 Å². The molecule has 2 N–H and O–H groups in total. The van der Waals surface area contributed by atoms with E-state index in [1.165, 1.54) is 5.56 Å². The van der Waals surface area contributed by atoms with Crippen molar-refractivity contribution in [3.63, 3.8) is 0 Å². The second kappa shape index (κ2) is 6.26. The second-order valence-electron chi connectivity index (χ2n) is 5.04. The molecule has 0 radical (unpaired) electrons. The van der Waals surface area contributed by atoms with Gasteiger partial charge < -0.3 is 5.32 Å². The van der Waals surface area contributed by atoms with Crippen molar-refractivity contribution < 1.29 is 4.79 Å². The molecule has 110 valence electrons. The average molecular weight is 291 g/mol. The van der Waals surface area contributed by atoms with Crippen LogP contribution in [0.5, 0.6) is 0 Å². The molecule has 0 saturated heterocycles. The largest absolute Gasteiger partial charge is 0.321 e. The third-order valence-electron chi connectivity index (χ3n) is 3.49. The number of amides is 1. The first-order valence-corrected chi connectivity index (χ1v) is 7.27. The minimum Gasteiger partial charge on any atom is -0.321 e. The summed E-state index contributed by atoms with van der Waals surface area (Å²) in [6, 6.07) is 19.4. The summed E-state index contributed by atoms with van der Waals surface area (Å²) in [5, 5.41) is 9.88. The smallest absolute Gasteiger partial charge is 0.273 e. The van der Waals surface area contributed by atoms with Crippen LogP contribution < -0.4 is 5.32 Å². The highest BCUT2D eigenvalue weighted by Gasteiger charge is 2.11. The minimum atomic E-state index is -0.192. The molecule has 0 aliphatic heterocycles. The summed E-state index contributed by atoms with van der Waals surface area (Å²) in [6.07, 6.45) is 0.936. The van der Waals surface area contributed by atoms with Crippen LogP contribution in [0.1, 0.15) is 23.0 Å². The number of nitrogens with one attached hydrogen (secondary N) is 2. The van der Waals surface area contributed by atoms with Gasteiger partial charge in [-0.05, 0) is 30.2 Å². The van der Waals surface area contributed by atoms with Crippen LogP contribution in [-0.2, 0) is 6.42 Å². The number of benzene rings is 2. The van der Waals surface area contributed by atoms with E-state index in [0.29, 0.717) is 5.69 Å². The van der Waals surface area contributed by atoms with E-state index in [4.69, 9.17) is 0 Å². The third-order valence-corrected chi connectivity index (χ3v) is 3.49. The van der Waals surface area contributed by atoms with E-state index in [1.54, 1.807) is 6.07 Å². The van der Waals surface area contributed by atoms with E-state index < -0.39 is 0 Å². The van der Waals surface area contributed by atoms with Crippen molar-refractivity contribution in [3.05, 3.63) is 71.9 Å². The lowest BCUT2D eigenvalue weighted by atomic mass is 10.1. The van der Waals surface area contributed by atoms with Crippen LogP contribution >= 0.6 is 0 Å². The number of hydrogen-bond acceptors (Lipinski definition) is 2. The van der Waals surface area contributed by atoms with Gasteiger partial charge in [-0.2, -0.15) is 5.10 Å². The molecule has 0 spiro atoms. The number of aryl methyl sites for hydroxylation is 1. The van der Waals surface area contributed by atoms with Crippen molar-refractivity contribution in [3.8, 4) is 11.3 Å². The lowest BCUT2D eigenvalue weighted by Gasteiger charge is -2.05. The zero-order valence-electron chi connectivity index (χ0n) is 12.3. The van der Waals surface area contributed by atoms with E-state index >= 15 is 0 Å². The van der Waals surface area contributed by atoms with Gasteiger partial charge in [-0.25, -0.2) is 0 Å². The fourth-order valence-electron chi connectivity index (χ4n) is 2.26. The number of aromatic nitrogens is 2. The number of carbonyl (C=O) groups excluding carboxylic acids is 1. The maximum Gasteiger partial charge on any atom is 0.273 e. The first kappa shape index (κ1) is 14.1. The van der Waals surface area contributed by atoms with E-state index in [-0.39, 0.29) is 5.91 Å². The minimum absolute atomic E-state index is 0.192. The Morgan fingerprint density at radius 1 is 1.09 bits per heavy atom. The Labute approximate surface area is 129 Å². The summed E-state index contributed by atoms with van der Waals surface area (Å²) in [5.74, 6) is -0.192. The molecule has 0 bridgehead atoms. The number of carbonyl (C=O) groups is 1. The Hall–Kier alpha value is -2.88. The van der Waals surface area contributed by atoms with Crippen molar-refractivity contribution in [1.29, 1.82) is 0 Å². The van der Waals surface area contributed by atoms with Crippen LogP contribution in [0.15, 0.2) is 60.7 Å². The summed E-state index contributed by atoms with van der Waals surface area (Å²) >= 11 is 0. The Morgan fingerprint density at radius 3 is 2.68 bits per heavy atom. The molecule has 0 aliphatic carbocycles. The molecule has 22 heavy (non-hydrogen) atoms. The van der Waals surface area contributed by atoms with Crippen molar-refractivity contribution in [2.45, 2.75) is 13.3 Å². The zero-order valence-corrected chi connectivity index (χ0v) is 12.3. The lowest BCUT2D eigenvalue weighted by molar-refractivity contribution is 0.102. The molecule has 1 heterocycles. The molecule has 1 aromatic heterocycles. The molecule has 0 saturated carbocycles. The number of nitrogens with zero attached hydrogens (tertiary/aromatic N) is 1. The Bertz CT molecular complexity index is 778. The quantitative estimate of drug-likeness (QED) is 0.766. The fraction of sp³-hybridized carbons (Fsp3) is 0.111. The van der Waals surface area contributed by atoms with Crippen molar-refractivity contribution >= 4 is 11.6 Å². The highest BCUT2D eigenvalue weighted by molar-refractivity contribution is 6.03. The first-order chi connectivity index (χ1) is 10.8. The van der Waals surface area contributed by atoms with Crippen molar-refractivity contribution in [2.24, 2.45) is 0 Å². The van der Waals surface area contributed by atoms with Gasteiger partial charge in [0.2, 0.25) is 0 Å². The standard InChI is InChI=1S/C18H17N3O/c1-2-13-7-6-10-15(11-13)19-18(22)17-12-16(20-21-17)14-8-4-3-5-9-14/h3-12H,2H2,1H3,(H,19,22)(H,20,21). The highest BCUT2D eigenvalue weighted by Crippen LogP contribution is 2.18. The van der Waals surface area contributed by atoms with Crippen LogP contribution in [0, 0.1) is 0 Å². The summed E-state index contributed by atoms with van der Waals surface area (Å²) < 4.78 is 0. The highest BCUT2D eigenvalue weighted by atomic mass is 16.1. The molecule has 0 atom stereocenters.